The van der Waals surface area contributed by atoms with Crippen molar-refractivity contribution in [2.75, 3.05) is 18.4 Å². The van der Waals surface area contributed by atoms with Gasteiger partial charge >= 0.3 is 6.03 Å². The summed E-state index contributed by atoms with van der Waals surface area (Å²) in [6, 6.07) is 13.8. The summed E-state index contributed by atoms with van der Waals surface area (Å²) < 4.78 is 18.6. The SMILES string of the molecule is CC(Oc1cccc(C#N)c1)C(=O)N1CCC(NC(=O)Nc2ccc(F)cc2)CC1. The van der Waals surface area contributed by atoms with Crippen LogP contribution < -0.4 is 15.4 Å². The van der Waals surface area contributed by atoms with Crippen molar-refractivity contribution in [3.05, 3.63) is 59.9 Å². The van der Waals surface area contributed by atoms with Crippen LogP contribution in [0.15, 0.2) is 48.5 Å². The number of nitrogens with one attached hydrogen (secondary N) is 2. The van der Waals surface area contributed by atoms with Crippen molar-refractivity contribution in [3.8, 4) is 11.8 Å². The number of carbonyl (C=O) groups excluding carboxylic acids is 2. The molecule has 2 aromatic rings. The van der Waals surface area contributed by atoms with Crippen LogP contribution in [0.3, 0.4) is 0 Å². The number of anilines is 1. The maximum absolute atomic E-state index is 12.9. The molecule has 156 valence electrons. The number of urea groups is 1. The summed E-state index contributed by atoms with van der Waals surface area (Å²) in [6.45, 7) is 2.69. The van der Waals surface area contributed by atoms with E-state index in [-0.39, 0.29) is 23.8 Å². The predicted molar refractivity (Wildman–Crippen MR) is 109 cm³/mol. The number of piperidine rings is 1. The minimum Gasteiger partial charge on any atom is -0.481 e. The summed E-state index contributed by atoms with van der Waals surface area (Å²) in [7, 11) is 0. The van der Waals surface area contributed by atoms with Crippen molar-refractivity contribution < 1.29 is 18.7 Å². The number of rotatable bonds is 5. The molecule has 30 heavy (non-hydrogen) atoms. The lowest BCUT2D eigenvalue weighted by molar-refractivity contribution is -0.139. The van der Waals surface area contributed by atoms with Crippen molar-refractivity contribution in [2.45, 2.75) is 31.9 Å². The summed E-state index contributed by atoms with van der Waals surface area (Å²) in [6.07, 6.45) is 0.573. The molecule has 1 heterocycles. The Hall–Kier alpha value is -3.60. The van der Waals surface area contributed by atoms with Crippen LogP contribution in [-0.2, 0) is 4.79 Å². The van der Waals surface area contributed by atoms with Crippen molar-refractivity contribution in [1.29, 1.82) is 5.26 Å². The second-order valence-corrected chi connectivity index (χ2v) is 7.10. The predicted octanol–water partition coefficient (Wildman–Crippen LogP) is 3.28. The number of likely N-dealkylation sites (tertiary alicyclic amines) is 1. The van der Waals surface area contributed by atoms with Crippen molar-refractivity contribution in [3.63, 3.8) is 0 Å². The fourth-order valence-corrected chi connectivity index (χ4v) is 3.28. The number of hydrogen-bond donors (Lipinski definition) is 2. The van der Waals surface area contributed by atoms with E-state index in [0.717, 1.165) is 0 Å². The van der Waals surface area contributed by atoms with Gasteiger partial charge < -0.3 is 20.3 Å². The fraction of sp³-hybridized carbons (Fsp3) is 0.318. The third-order valence-electron chi connectivity index (χ3n) is 4.87. The molecule has 0 saturated carbocycles. The van der Waals surface area contributed by atoms with Crippen molar-refractivity contribution >= 4 is 17.6 Å². The molecule has 1 aliphatic rings. The van der Waals surface area contributed by atoms with Gasteiger partial charge in [0.25, 0.3) is 5.91 Å². The maximum atomic E-state index is 12.9. The van der Waals surface area contributed by atoms with Gasteiger partial charge in [0, 0.05) is 24.8 Å². The highest BCUT2D eigenvalue weighted by molar-refractivity contribution is 5.89. The third kappa shape index (κ3) is 5.70. The molecule has 0 radical (unpaired) electrons. The average Bonchev–Trinajstić information content (AvgIpc) is 2.75. The molecule has 2 aromatic carbocycles. The maximum Gasteiger partial charge on any atom is 0.319 e. The van der Waals surface area contributed by atoms with E-state index in [1.165, 1.54) is 24.3 Å². The highest BCUT2D eigenvalue weighted by Crippen LogP contribution is 2.17. The van der Waals surface area contributed by atoms with Crippen LogP contribution in [0.25, 0.3) is 0 Å². The Morgan fingerprint density at radius 3 is 2.57 bits per heavy atom. The van der Waals surface area contributed by atoms with Crippen LogP contribution in [0.1, 0.15) is 25.3 Å². The van der Waals surface area contributed by atoms with Crippen LogP contribution in [0.4, 0.5) is 14.9 Å². The molecule has 1 unspecified atom stereocenters. The number of hydrogen-bond acceptors (Lipinski definition) is 4. The van der Waals surface area contributed by atoms with E-state index >= 15 is 0 Å². The van der Waals surface area contributed by atoms with E-state index in [1.54, 1.807) is 36.1 Å². The molecular formula is C22H23FN4O3. The monoisotopic (exact) mass is 410 g/mol. The van der Waals surface area contributed by atoms with Crippen LogP contribution in [0, 0.1) is 17.1 Å². The molecule has 0 bridgehead atoms. The zero-order valence-corrected chi connectivity index (χ0v) is 16.6. The molecule has 1 aliphatic heterocycles. The number of halogens is 1. The Balaban J connectivity index is 1.44. The van der Waals surface area contributed by atoms with E-state index in [0.29, 0.717) is 42.9 Å². The van der Waals surface area contributed by atoms with Gasteiger partial charge in [0.1, 0.15) is 11.6 Å². The average molecular weight is 410 g/mol. The first-order valence-corrected chi connectivity index (χ1v) is 9.73. The first-order valence-electron chi connectivity index (χ1n) is 9.73. The lowest BCUT2D eigenvalue weighted by Gasteiger charge is -2.33. The molecule has 1 atom stereocenters. The molecule has 2 N–H and O–H groups in total. The van der Waals surface area contributed by atoms with Gasteiger partial charge in [-0.1, -0.05) is 6.07 Å². The minimum absolute atomic E-state index is 0.0574. The van der Waals surface area contributed by atoms with Crippen LogP contribution >= 0.6 is 0 Å². The van der Waals surface area contributed by atoms with E-state index in [9.17, 15) is 14.0 Å². The lowest BCUT2D eigenvalue weighted by Crippen LogP contribution is -2.50. The van der Waals surface area contributed by atoms with E-state index in [1.807, 2.05) is 6.07 Å². The van der Waals surface area contributed by atoms with Gasteiger partial charge in [0.2, 0.25) is 0 Å². The molecule has 0 spiro atoms. The van der Waals surface area contributed by atoms with Crippen LogP contribution in [-0.4, -0.2) is 42.1 Å². The van der Waals surface area contributed by atoms with E-state index in [4.69, 9.17) is 10.00 Å². The van der Waals surface area contributed by atoms with Gasteiger partial charge in [0.05, 0.1) is 11.6 Å². The molecule has 1 fully saturated rings. The van der Waals surface area contributed by atoms with Gasteiger partial charge in [-0.25, -0.2) is 9.18 Å². The van der Waals surface area contributed by atoms with Crippen molar-refractivity contribution in [1.82, 2.24) is 10.2 Å². The standard InChI is InChI=1S/C22H23FN4O3/c1-15(30-20-4-2-3-16(13-20)14-24)21(28)27-11-9-19(10-12-27)26-22(29)25-18-7-5-17(23)6-8-18/h2-8,13,15,19H,9-12H2,1H3,(H2,25,26,29). The molecule has 1 saturated heterocycles. The number of carbonyl (C=O) groups is 2. The molecule has 8 heteroatoms. The number of benzene rings is 2. The van der Waals surface area contributed by atoms with Crippen LogP contribution in [0.2, 0.25) is 0 Å². The Labute approximate surface area is 174 Å². The van der Waals surface area contributed by atoms with Gasteiger partial charge in [-0.05, 0) is 62.2 Å². The van der Waals surface area contributed by atoms with Gasteiger partial charge in [-0.2, -0.15) is 5.26 Å². The quantitative estimate of drug-likeness (QED) is 0.791. The highest BCUT2D eigenvalue weighted by atomic mass is 19.1. The number of nitrogens with zero attached hydrogens (tertiary/aromatic N) is 2. The molecule has 3 rings (SSSR count). The minimum atomic E-state index is -0.676. The molecule has 0 aliphatic carbocycles. The summed E-state index contributed by atoms with van der Waals surface area (Å²) in [5.74, 6) is -0.0236. The molecular weight excluding hydrogens is 387 g/mol. The number of amides is 3. The Morgan fingerprint density at radius 2 is 1.90 bits per heavy atom. The third-order valence-corrected chi connectivity index (χ3v) is 4.87. The van der Waals surface area contributed by atoms with Crippen molar-refractivity contribution in [2.24, 2.45) is 0 Å². The zero-order chi connectivity index (χ0) is 21.5. The summed E-state index contributed by atoms with van der Waals surface area (Å²) in [5.41, 5.74) is 0.978. The second-order valence-electron chi connectivity index (χ2n) is 7.10. The van der Waals surface area contributed by atoms with Gasteiger partial charge in [-0.15, -0.1) is 0 Å². The van der Waals surface area contributed by atoms with E-state index < -0.39 is 6.10 Å². The first-order chi connectivity index (χ1) is 14.4. The Bertz CT molecular complexity index is 934. The van der Waals surface area contributed by atoms with E-state index in [2.05, 4.69) is 10.6 Å². The number of nitriles is 1. The summed E-state index contributed by atoms with van der Waals surface area (Å²) in [4.78, 5) is 26.5. The van der Waals surface area contributed by atoms with Crippen LogP contribution in [0.5, 0.6) is 5.75 Å². The van der Waals surface area contributed by atoms with Gasteiger partial charge in [-0.3, -0.25) is 4.79 Å². The fourth-order valence-electron chi connectivity index (χ4n) is 3.28. The highest BCUT2D eigenvalue weighted by Gasteiger charge is 2.27. The van der Waals surface area contributed by atoms with Gasteiger partial charge in [0.15, 0.2) is 6.10 Å². The topological polar surface area (TPSA) is 94.5 Å². The summed E-state index contributed by atoms with van der Waals surface area (Å²) >= 11 is 0. The molecule has 7 nitrogen and oxygen atoms in total. The largest absolute Gasteiger partial charge is 0.481 e. The zero-order valence-electron chi connectivity index (χ0n) is 16.6. The molecule has 3 amide bonds. The second kappa shape index (κ2) is 9.74. The Morgan fingerprint density at radius 1 is 1.20 bits per heavy atom. The normalized spacial score (nSPS) is 15.0. The lowest BCUT2D eigenvalue weighted by atomic mass is 10.0. The smallest absolute Gasteiger partial charge is 0.319 e. The first kappa shape index (κ1) is 21.1. The number of ether oxygens (including phenoxy) is 1. The Kier molecular flexibility index (Phi) is 6.86. The molecule has 0 aromatic heterocycles. The summed E-state index contributed by atoms with van der Waals surface area (Å²) in [5, 5.41) is 14.5.